The van der Waals surface area contributed by atoms with E-state index in [1.54, 1.807) is 12.2 Å². The summed E-state index contributed by atoms with van der Waals surface area (Å²) in [5.41, 5.74) is 1.34. The molecule has 0 aromatic heterocycles. The first-order valence-electron chi connectivity index (χ1n) is 4.96. The molecule has 0 aliphatic rings. The van der Waals surface area contributed by atoms with Crippen LogP contribution in [0.25, 0.3) is 6.08 Å². The van der Waals surface area contributed by atoms with Crippen molar-refractivity contribution in [2.75, 3.05) is 0 Å². The number of carboxylic acid groups (broad SMARTS) is 1. The van der Waals surface area contributed by atoms with Gasteiger partial charge < -0.3 is 5.11 Å². The van der Waals surface area contributed by atoms with Crippen LogP contribution < -0.4 is 0 Å². The molecule has 0 aliphatic carbocycles. The molecule has 0 atom stereocenters. The van der Waals surface area contributed by atoms with Gasteiger partial charge in [-0.25, -0.2) is 4.39 Å². The van der Waals surface area contributed by atoms with Gasteiger partial charge in [0.2, 0.25) is 0 Å². The van der Waals surface area contributed by atoms with Crippen molar-refractivity contribution in [3.05, 3.63) is 53.9 Å². The molecule has 0 bridgehead atoms. The molecule has 1 aromatic carbocycles. The molecule has 1 N–H and O–H groups in total. The zero-order chi connectivity index (χ0) is 11.8. The highest BCUT2D eigenvalue weighted by Crippen LogP contribution is 2.10. The van der Waals surface area contributed by atoms with E-state index in [-0.39, 0.29) is 12.8 Å². The van der Waals surface area contributed by atoms with Gasteiger partial charge in [0.15, 0.2) is 0 Å². The van der Waals surface area contributed by atoms with Crippen LogP contribution in [0.1, 0.15) is 18.4 Å². The molecule has 0 spiro atoms. The number of halogens is 1. The second-order valence-electron chi connectivity index (χ2n) is 3.32. The fraction of sp³-hybridized carbons (Fsp3) is 0.154. The minimum absolute atomic E-state index is 0.0606. The summed E-state index contributed by atoms with van der Waals surface area (Å²) in [5.74, 6) is -0.924. The van der Waals surface area contributed by atoms with Gasteiger partial charge in [-0.2, -0.15) is 0 Å². The molecular formula is C13H13FO2. The molecule has 0 amide bonds. The Morgan fingerprint density at radius 1 is 1.25 bits per heavy atom. The van der Waals surface area contributed by atoms with Gasteiger partial charge in [-0.15, -0.1) is 0 Å². The fourth-order valence-corrected chi connectivity index (χ4v) is 1.19. The second-order valence-corrected chi connectivity index (χ2v) is 3.32. The molecule has 0 saturated carbocycles. The van der Waals surface area contributed by atoms with Crippen molar-refractivity contribution in [1.82, 2.24) is 0 Å². The Labute approximate surface area is 93.7 Å². The van der Waals surface area contributed by atoms with Crippen LogP contribution in [0.3, 0.4) is 0 Å². The average molecular weight is 220 g/mol. The lowest BCUT2D eigenvalue weighted by atomic mass is 10.1. The van der Waals surface area contributed by atoms with Crippen LogP contribution >= 0.6 is 0 Å². The van der Waals surface area contributed by atoms with Gasteiger partial charge in [0, 0.05) is 6.42 Å². The molecule has 0 heterocycles. The van der Waals surface area contributed by atoms with Crippen LogP contribution in [0.4, 0.5) is 4.39 Å². The molecule has 0 saturated heterocycles. The summed E-state index contributed by atoms with van der Waals surface area (Å²) in [6.07, 6.45) is 3.94. The molecule has 2 nitrogen and oxygen atoms in total. The van der Waals surface area contributed by atoms with E-state index in [4.69, 9.17) is 5.11 Å². The van der Waals surface area contributed by atoms with Crippen LogP contribution in [0.15, 0.2) is 48.3 Å². The summed E-state index contributed by atoms with van der Waals surface area (Å²) in [5, 5.41) is 8.47. The monoisotopic (exact) mass is 220 g/mol. The third kappa shape index (κ3) is 4.55. The summed E-state index contributed by atoms with van der Waals surface area (Å²) >= 11 is 0. The standard InChI is InChI=1S/C13H13FO2/c14-10-12(8-9-13(15)16)7-6-11-4-2-1-3-5-11/h1-7,10H,8-9H2,(H,15,16)/b7-6-,12-10+. The van der Waals surface area contributed by atoms with E-state index in [0.29, 0.717) is 11.9 Å². The number of hydrogen-bond donors (Lipinski definition) is 1. The Morgan fingerprint density at radius 2 is 1.94 bits per heavy atom. The smallest absolute Gasteiger partial charge is 0.303 e. The van der Waals surface area contributed by atoms with Crippen LogP contribution in [0, 0.1) is 0 Å². The molecule has 0 fully saturated rings. The van der Waals surface area contributed by atoms with Crippen molar-refractivity contribution >= 4 is 12.0 Å². The SMILES string of the molecule is O=C(O)CCC(/C=C\c1ccccc1)=C/F. The topological polar surface area (TPSA) is 37.3 Å². The normalized spacial score (nSPS) is 11.9. The minimum Gasteiger partial charge on any atom is -0.481 e. The fourth-order valence-electron chi connectivity index (χ4n) is 1.19. The lowest BCUT2D eigenvalue weighted by Gasteiger charge is -1.97. The molecule has 16 heavy (non-hydrogen) atoms. The number of benzene rings is 1. The Kier molecular flexibility index (Phi) is 4.99. The van der Waals surface area contributed by atoms with Gasteiger partial charge in [0.1, 0.15) is 0 Å². The quantitative estimate of drug-likeness (QED) is 0.772. The second kappa shape index (κ2) is 6.56. The maximum Gasteiger partial charge on any atom is 0.303 e. The molecule has 84 valence electrons. The molecule has 3 heteroatoms. The summed E-state index contributed by atoms with van der Waals surface area (Å²) in [4.78, 5) is 10.3. The lowest BCUT2D eigenvalue weighted by Crippen LogP contribution is -1.94. The van der Waals surface area contributed by atoms with Gasteiger partial charge in [-0.1, -0.05) is 42.5 Å². The number of aliphatic carboxylic acids is 1. The highest BCUT2D eigenvalue weighted by molar-refractivity contribution is 5.67. The highest BCUT2D eigenvalue weighted by Gasteiger charge is 1.99. The van der Waals surface area contributed by atoms with Gasteiger partial charge in [0.25, 0.3) is 0 Å². The van der Waals surface area contributed by atoms with Crippen LogP contribution in [0.2, 0.25) is 0 Å². The highest BCUT2D eigenvalue weighted by atomic mass is 19.1. The van der Waals surface area contributed by atoms with Crippen molar-refractivity contribution in [2.45, 2.75) is 12.8 Å². The summed E-state index contributed by atoms with van der Waals surface area (Å²) in [6.45, 7) is 0. The van der Waals surface area contributed by atoms with Crippen molar-refractivity contribution in [3.63, 3.8) is 0 Å². The van der Waals surface area contributed by atoms with E-state index < -0.39 is 5.97 Å². The molecule has 0 radical (unpaired) electrons. The predicted octanol–water partition coefficient (Wildman–Crippen LogP) is 3.42. The van der Waals surface area contributed by atoms with Gasteiger partial charge in [0.05, 0.1) is 6.33 Å². The molecule has 1 rings (SSSR count). The Morgan fingerprint density at radius 3 is 2.50 bits per heavy atom. The zero-order valence-electron chi connectivity index (χ0n) is 8.77. The molecule has 0 unspecified atom stereocenters. The number of rotatable bonds is 5. The average Bonchev–Trinajstić information content (AvgIpc) is 2.30. The number of carboxylic acids is 1. The molecular weight excluding hydrogens is 207 g/mol. The minimum atomic E-state index is -0.924. The van der Waals surface area contributed by atoms with E-state index in [1.807, 2.05) is 30.3 Å². The van der Waals surface area contributed by atoms with E-state index >= 15 is 0 Å². The first-order chi connectivity index (χ1) is 7.72. The Hall–Kier alpha value is -1.90. The van der Waals surface area contributed by atoms with Crippen molar-refractivity contribution in [1.29, 1.82) is 0 Å². The largest absolute Gasteiger partial charge is 0.481 e. The van der Waals surface area contributed by atoms with E-state index in [2.05, 4.69) is 0 Å². The zero-order valence-corrected chi connectivity index (χ0v) is 8.77. The number of carbonyl (C=O) groups is 1. The predicted molar refractivity (Wildman–Crippen MR) is 61.5 cm³/mol. The van der Waals surface area contributed by atoms with Crippen LogP contribution in [0.5, 0.6) is 0 Å². The van der Waals surface area contributed by atoms with Crippen molar-refractivity contribution in [2.24, 2.45) is 0 Å². The summed E-state index contributed by atoms with van der Waals surface area (Å²) in [7, 11) is 0. The van der Waals surface area contributed by atoms with Crippen LogP contribution in [-0.4, -0.2) is 11.1 Å². The van der Waals surface area contributed by atoms with Gasteiger partial charge >= 0.3 is 5.97 Å². The number of allylic oxidation sites excluding steroid dienone is 2. The summed E-state index contributed by atoms with van der Waals surface area (Å²) in [6, 6.07) is 9.45. The Bertz CT molecular complexity index is 394. The van der Waals surface area contributed by atoms with Crippen LogP contribution in [-0.2, 0) is 4.79 Å². The van der Waals surface area contributed by atoms with Gasteiger partial charge in [-0.05, 0) is 17.6 Å². The van der Waals surface area contributed by atoms with E-state index in [0.717, 1.165) is 5.56 Å². The maximum atomic E-state index is 12.4. The first kappa shape index (κ1) is 12.2. The molecule has 1 aromatic rings. The third-order valence-electron chi connectivity index (χ3n) is 2.06. The summed E-state index contributed by atoms with van der Waals surface area (Å²) < 4.78 is 12.4. The molecule has 0 aliphatic heterocycles. The van der Waals surface area contributed by atoms with E-state index in [1.165, 1.54) is 0 Å². The first-order valence-corrected chi connectivity index (χ1v) is 4.96. The third-order valence-corrected chi connectivity index (χ3v) is 2.06. The van der Waals surface area contributed by atoms with Crippen molar-refractivity contribution in [3.8, 4) is 0 Å². The lowest BCUT2D eigenvalue weighted by molar-refractivity contribution is -0.136. The van der Waals surface area contributed by atoms with Crippen molar-refractivity contribution < 1.29 is 14.3 Å². The number of hydrogen-bond acceptors (Lipinski definition) is 1. The maximum absolute atomic E-state index is 12.4. The Balaban J connectivity index is 2.57. The van der Waals surface area contributed by atoms with E-state index in [9.17, 15) is 9.18 Å². The van der Waals surface area contributed by atoms with Gasteiger partial charge in [-0.3, -0.25) is 4.79 Å².